The van der Waals surface area contributed by atoms with E-state index in [-0.39, 0.29) is 35.5 Å². The molecular weight excluding hydrogens is 372 g/mol. The van der Waals surface area contributed by atoms with Gasteiger partial charge in [-0.05, 0) is 37.3 Å². The number of fused-ring (bicyclic) bond motifs is 1. The highest BCUT2D eigenvalue weighted by atomic mass is 32.2. The van der Waals surface area contributed by atoms with Gasteiger partial charge in [0.2, 0.25) is 10.0 Å². The number of carbonyl (C=O) groups excluding carboxylic acids is 1. The Hall–Kier alpha value is -2.13. The van der Waals surface area contributed by atoms with Gasteiger partial charge in [0, 0.05) is 19.2 Å². The minimum atomic E-state index is -3.68. The van der Waals surface area contributed by atoms with Crippen molar-refractivity contribution < 1.29 is 22.4 Å². The minimum absolute atomic E-state index is 0.0772. The van der Waals surface area contributed by atoms with Gasteiger partial charge >= 0.3 is 11.7 Å². The lowest BCUT2D eigenvalue weighted by atomic mass is 9.94. The van der Waals surface area contributed by atoms with Gasteiger partial charge in [-0.15, -0.1) is 0 Å². The fourth-order valence-electron chi connectivity index (χ4n) is 3.64. The molecule has 0 radical (unpaired) electrons. The maximum Gasteiger partial charge on any atom is 0.420 e. The lowest BCUT2D eigenvalue weighted by molar-refractivity contribution is -0.143. The molecule has 0 unspecified atom stereocenters. The summed E-state index contributed by atoms with van der Waals surface area (Å²) in [5, 5.41) is 0. The first kappa shape index (κ1) is 19.6. The van der Waals surface area contributed by atoms with Crippen LogP contribution in [0.3, 0.4) is 0 Å². The van der Waals surface area contributed by atoms with Gasteiger partial charge in [0.15, 0.2) is 5.58 Å². The number of benzene rings is 1. The molecule has 9 heteroatoms. The van der Waals surface area contributed by atoms with Crippen LogP contribution in [-0.2, 0) is 26.1 Å². The summed E-state index contributed by atoms with van der Waals surface area (Å²) in [5.74, 6) is -0.713. The van der Waals surface area contributed by atoms with Crippen molar-refractivity contribution in [1.82, 2.24) is 8.87 Å². The Balaban J connectivity index is 1.95. The molecule has 8 nitrogen and oxygen atoms in total. The van der Waals surface area contributed by atoms with Gasteiger partial charge in [0.25, 0.3) is 0 Å². The van der Waals surface area contributed by atoms with Crippen LogP contribution in [0.2, 0.25) is 0 Å². The molecule has 148 valence electrons. The number of piperidine rings is 1. The molecule has 0 saturated carbocycles. The smallest absolute Gasteiger partial charge is 0.420 e. The summed E-state index contributed by atoms with van der Waals surface area (Å²) in [7, 11) is -3.68. The topological polar surface area (TPSA) is 98.8 Å². The Labute approximate surface area is 157 Å². The number of aromatic nitrogens is 1. The van der Waals surface area contributed by atoms with Gasteiger partial charge in [-0.2, -0.15) is 4.31 Å². The van der Waals surface area contributed by atoms with E-state index < -0.39 is 21.7 Å². The summed E-state index contributed by atoms with van der Waals surface area (Å²) in [4.78, 5) is 23.8. The predicted octanol–water partition coefficient (Wildman–Crippen LogP) is 1.82. The molecular formula is C18H24N2O6S. The number of sulfonamides is 1. The summed E-state index contributed by atoms with van der Waals surface area (Å²) < 4.78 is 38.6. The van der Waals surface area contributed by atoms with E-state index in [4.69, 9.17) is 9.15 Å². The van der Waals surface area contributed by atoms with Crippen LogP contribution in [0.1, 0.15) is 27.2 Å². The van der Waals surface area contributed by atoms with Gasteiger partial charge in [0.1, 0.15) is 6.54 Å². The highest BCUT2D eigenvalue weighted by molar-refractivity contribution is 7.89. The number of carbonyl (C=O) groups is 1. The summed E-state index contributed by atoms with van der Waals surface area (Å²) >= 11 is 0. The Morgan fingerprint density at radius 3 is 2.56 bits per heavy atom. The Morgan fingerprint density at radius 1 is 1.26 bits per heavy atom. The van der Waals surface area contributed by atoms with E-state index in [1.807, 2.05) is 13.8 Å². The van der Waals surface area contributed by atoms with Crippen molar-refractivity contribution in [3.8, 4) is 0 Å². The summed E-state index contributed by atoms with van der Waals surface area (Å²) in [6.07, 6.45) is 0.997. The number of ether oxygens (including phenoxy) is 1. The minimum Gasteiger partial charge on any atom is -0.465 e. The molecule has 1 aromatic heterocycles. The lowest BCUT2D eigenvalue weighted by Crippen LogP contribution is -2.42. The zero-order chi connectivity index (χ0) is 19.8. The molecule has 27 heavy (non-hydrogen) atoms. The van der Waals surface area contributed by atoms with E-state index in [1.54, 1.807) is 6.92 Å². The van der Waals surface area contributed by atoms with E-state index in [0.29, 0.717) is 18.6 Å². The van der Waals surface area contributed by atoms with Crippen LogP contribution in [-0.4, -0.2) is 43.0 Å². The Morgan fingerprint density at radius 2 is 1.93 bits per heavy atom. The number of oxazole rings is 1. The van der Waals surface area contributed by atoms with Gasteiger partial charge in [-0.25, -0.2) is 13.2 Å². The van der Waals surface area contributed by atoms with Crippen molar-refractivity contribution in [2.75, 3.05) is 19.7 Å². The number of esters is 1. The van der Waals surface area contributed by atoms with Gasteiger partial charge in [-0.1, -0.05) is 13.8 Å². The third kappa shape index (κ3) is 3.93. The monoisotopic (exact) mass is 396 g/mol. The fraction of sp³-hybridized carbons (Fsp3) is 0.556. The second kappa shape index (κ2) is 7.47. The van der Waals surface area contributed by atoms with Crippen LogP contribution >= 0.6 is 0 Å². The second-order valence-electron chi connectivity index (χ2n) is 7.16. The SMILES string of the molecule is CCOC(=O)Cn1c(=O)oc2cc(S(=O)(=O)N3C[C@H](C)C[C@H](C)C3)ccc21. The van der Waals surface area contributed by atoms with E-state index in [9.17, 15) is 18.0 Å². The highest BCUT2D eigenvalue weighted by Gasteiger charge is 2.32. The average molecular weight is 396 g/mol. The molecule has 2 heterocycles. The van der Waals surface area contributed by atoms with Crippen molar-refractivity contribution in [2.45, 2.75) is 38.6 Å². The quantitative estimate of drug-likeness (QED) is 0.715. The van der Waals surface area contributed by atoms with Crippen molar-refractivity contribution in [2.24, 2.45) is 11.8 Å². The highest BCUT2D eigenvalue weighted by Crippen LogP contribution is 2.28. The predicted molar refractivity (Wildman–Crippen MR) is 98.8 cm³/mol. The van der Waals surface area contributed by atoms with Crippen LogP contribution in [0.25, 0.3) is 11.1 Å². The van der Waals surface area contributed by atoms with Gasteiger partial charge in [0.05, 0.1) is 17.0 Å². The molecule has 2 atom stereocenters. The maximum atomic E-state index is 13.0. The number of hydrogen-bond donors (Lipinski definition) is 0. The summed E-state index contributed by atoms with van der Waals surface area (Å²) in [6, 6.07) is 4.28. The van der Waals surface area contributed by atoms with E-state index in [1.165, 1.54) is 22.5 Å². The molecule has 1 aliphatic rings. The third-order valence-electron chi connectivity index (χ3n) is 4.71. The first-order valence-electron chi connectivity index (χ1n) is 9.01. The van der Waals surface area contributed by atoms with E-state index in [0.717, 1.165) is 11.0 Å². The molecule has 2 aromatic rings. The summed E-state index contributed by atoms with van der Waals surface area (Å²) in [5.41, 5.74) is 0.482. The van der Waals surface area contributed by atoms with Crippen molar-refractivity contribution in [1.29, 1.82) is 0 Å². The van der Waals surface area contributed by atoms with Gasteiger partial charge < -0.3 is 9.15 Å². The van der Waals surface area contributed by atoms with Crippen LogP contribution in [0, 0.1) is 11.8 Å². The zero-order valence-corrected chi connectivity index (χ0v) is 16.5. The molecule has 0 spiro atoms. The first-order valence-corrected chi connectivity index (χ1v) is 10.5. The normalized spacial score (nSPS) is 21.4. The summed E-state index contributed by atoms with van der Waals surface area (Å²) in [6.45, 7) is 6.61. The first-order chi connectivity index (χ1) is 12.7. The molecule has 1 aliphatic heterocycles. The standard InChI is InChI=1S/C18H24N2O6S/c1-4-25-17(21)11-20-15-6-5-14(8-16(15)26-18(20)22)27(23,24)19-9-12(2)7-13(3)10-19/h5-6,8,12-13H,4,7,9-11H2,1-3H3/t12-,13+. The molecule has 0 N–H and O–H groups in total. The Bertz CT molecular complexity index is 997. The Kier molecular flexibility index (Phi) is 5.43. The number of nitrogens with zero attached hydrogens (tertiary/aromatic N) is 2. The second-order valence-corrected chi connectivity index (χ2v) is 9.09. The number of rotatable bonds is 5. The van der Waals surface area contributed by atoms with Crippen molar-refractivity contribution in [3.63, 3.8) is 0 Å². The third-order valence-corrected chi connectivity index (χ3v) is 6.53. The van der Waals surface area contributed by atoms with Crippen LogP contribution < -0.4 is 5.76 Å². The van der Waals surface area contributed by atoms with Crippen molar-refractivity contribution >= 4 is 27.1 Å². The molecule has 3 rings (SSSR count). The molecule has 0 amide bonds. The van der Waals surface area contributed by atoms with Crippen LogP contribution in [0.5, 0.6) is 0 Å². The maximum absolute atomic E-state index is 13.0. The number of hydrogen-bond acceptors (Lipinski definition) is 6. The molecule has 0 bridgehead atoms. The fourth-order valence-corrected chi connectivity index (χ4v) is 5.34. The lowest BCUT2D eigenvalue weighted by Gasteiger charge is -2.34. The molecule has 1 saturated heterocycles. The van der Waals surface area contributed by atoms with Crippen molar-refractivity contribution in [3.05, 3.63) is 28.7 Å². The average Bonchev–Trinajstić information content (AvgIpc) is 2.89. The molecule has 0 aliphatic carbocycles. The molecule has 1 fully saturated rings. The van der Waals surface area contributed by atoms with Crippen LogP contribution in [0.4, 0.5) is 0 Å². The largest absolute Gasteiger partial charge is 0.465 e. The molecule has 1 aromatic carbocycles. The van der Waals surface area contributed by atoms with Gasteiger partial charge in [-0.3, -0.25) is 9.36 Å². The van der Waals surface area contributed by atoms with E-state index >= 15 is 0 Å². The van der Waals surface area contributed by atoms with Crippen LogP contribution in [0.15, 0.2) is 32.3 Å². The zero-order valence-electron chi connectivity index (χ0n) is 15.7. The van der Waals surface area contributed by atoms with E-state index in [2.05, 4.69) is 0 Å².